The van der Waals surface area contributed by atoms with Crippen LogP contribution < -0.4 is 5.84 Å². The molecule has 2 aromatic carbocycles. The van der Waals surface area contributed by atoms with Crippen molar-refractivity contribution in [1.82, 2.24) is 0 Å². The molecule has 0 saturated carbocycles. The largest absolute Gasteiger partial charge is 0.507 e. The fourth-order valence-electron chi connectivity index (χ4n) is 4.77. The molecule has 0 aromatic heterocycles. The Hall–Kier alpha value is -3.30. The van der Waals surface area contributed by atoms with Gasteiger partial charge in [-0.2, -0.15) is 5.10 Å². The van der Waals surface area contributed by atoms with E-state index < -0.39 is 35.8 Å². The summed E-state index contributed by atoms with van der Waals surface area (Å²) in [6.45, 7) is 5.09. The normalized spacial score (nSPS) is 29.8. The van der Waals surface area contributed by atoms with Crippen LogP contribution in [0, 0.1) is 5.92 Å². The lowest BCUT2D eigenvalue weighted by Gasteiger charge is -2.30. The Morgan fingerprint density at radius 2 is 1.90 bits per heavy atom. The lowest BCUT2D eigenvalue weighted by atomic mass is 9.80. The van der Waals surface area contributed by atoms with Crippen molar-refractivity contribution < 1.29 is 34.7 Å². The molecule has 6 N–H and O–H groups in total. The molecule has 31 heavy (non-hydrogen) atoms. The monoisotopic (exact) mass is 426 g/mol. The summed E-state index contributed by atoms with van der Waals surface area (Å²) < 4.78 is 11.5. The first-order chi connectivity index (χ1) is 14.6. The second-order valence-corrected chi connectivity index (χ2v) is 8.59. The van der Waals surface area contributed by atoms with E-state index in [0.717, 1.165) is 0 Å². The highest BCUT2D eigenvalue weighted by molar-refractivity contribution is 6.29. The zero-order chi connectivity index (χ0) is 22.4. The maximum absolute atomic E-state index is 12.5. The number of phenolic OH excluding ortho intramolecular Hbond substituents is 3. The van der Waals surface area contributed by atoms with Crippen molar-refractivity contribution in [2.24, 2.45) is 16.9 Å². The number of benzene rings is 2. The van der Waals surface area contributed by atoms with E-state index in [2.05, 4.69) is 5.10 Å². The van der Waals surface area contributed by atoms with Crippen LogP contribution in [0.5, 0.6) is 17.2 Å². The van der Waals surface area contributed by atoms with Crippen LogP contribution in [0.1, 0.15) is 31.9 Å². The number of nitrogens with zero attached hydrogens (tertiary/aromatic N) is 1. The second kappa shape index (κ2) is 6.12. The summed E-state index contributed by atoms with van der Waals surface area (Å²) in [6, 6.07) is 4.43. The van der Waals surface area contributed by atoms with Gasteiger partial charge in [0.1, 0.15) is 40.8 Å². The van der Waals surface area contributed by atoms with Gasteiger partial charge in [0.25, 0.3) is 0 Å². The van der Waals surface area contributed by atoms with E-state index in [9.17, 15) is 25.2 Å². The number of hydrazone groups is 1. The summed E-state index contributed by atoms with van der Waals surface area (Å²) in [5.41, 5.74) is -0.250. The molecule has 0 radical (unpaired) electrons. The number of aliphatic hydroxyl groups excluding tert-OH is 1. The molecule has 9 heteroatoms. The number of carbonyl (C=O) groups excluding carboxylic acids is 1. The van der Waals surface area contributed by atoms with Crippen LogP contribution in [-0.2, 0) is 14.3 Å². The van der Waals surface area contributed by atoms with Gasteiger partial charge < -0.3 is 35.7 Å². The number of aliphatic hydroxyl groups is 1. The molecule has 1 aliphatic heterocycles. The Morgan fingerprint density at radius 1 is 1.19 bits per heavy atom. The summed E-state index contributed by atoms with van der Waals surface area (Å²) in [5.74, 6) is 3.95. The number of rotatable bonds is 2. The van der Waals surface area contributed by atoms with Crippen LogP contribution in [0.3, 0.4) is 0 Å². The molecule has 1 fully saturated rings. The fraction of sp³-hybridized carbons (Fsp3) is 0.364. The topological polar surface area (TPSA) is 158 Å². The van der Waals surface area contributed by atoms with Crippen LogP contribution in [0.25, 0.3) is 16.3 Å². The smallest absolute Gasteiger partial charge is 0.309 e. The summed E-state index contributed by atoms with van der Waals surface area (Å²) in [4.78, 5) is 12.5. The molecular weight excluding hydrogens is 404 g/mol. The molecular formula is C22H22N2O7. The lowest BCUT2D eigenvalue weighted by Crippen LogP contribution is -2.44. The van der Waals surface area contributed by atoms with Gasteiger partial charge in [-0.05, 0) is 13.0 Å². The van der Waals surface area contributed by atoms with E-state index in [0.29, 0.717) is 0 Å². The molecule has 162 valence electrons. The number of hydrogen-bond acceptors (Lipinski definition) is 9. The Bertz CT molecular complexity index is 1230. The number of phenols is 3. The maximum atomic E-state index is 12.5. The van der Waals surface area contributed by atoms with E-state index in [1.54, 1.807) is 20.8 Å². The van der Waals surface area contributed by atoms with Crippen molar-refractivity contribution in [3.63, 3.8) is 0 Å². The average Bonchev–Trinajstić information content (AvgIpc) is 3.30. The van der Waals surface area contributed by atoms with Gasteiger partial charge in [-0.3, -0.25) is 4.79 Å². The van der Waals surface area contributed by atoms with Crippen LogP contribution in [0.2, 0.25) is 0 Å². The van der Waals surface area contributed by atoms with Crippen molar-refractivity contribution >= 4 is 28.0 Å². The van der Waals surface area contributed by atoms with Crippen LogP contribution in [0.4, 0.5) is 0 Å². The zero-order valence-electron chi connectivity index (χ0n) is 17.1. The number of epoxide rings is 1. The molecule has 0 spiro atoms. The third-order valence-corrected chi connectivity index (χ3v) is 6.40. The minimum atomic E-state index is -1.17. The molecule has 0 amide bonds. The standard InChI is InChI=1S/C22H22N2O7/c1-7(2)21(29)30-19-14-12(18(28)20-22(19,3)31-20)11-13(15(14)24-23)17(27)10-8(16(11)26)5-4-6-9(10)25/h4-7,18-20,25-28H,23H2,1-3H3/t18-,19+,20?,22-/m1/s1. The maximum Gasteiger partial charge on any atom is 0.309 e. The summed E-state index contributed by atoms with van der Waals surface area (Å²) in [7, 11) is 0. The molecule has 5 rings (SSSR count). The van der Waals surface area contributed by atoms with E-state index in [1.165, 1.54) is 18.2 Å². The van der Waals surface area contributed by atoms with Crippen molar-refractivity contribution in [3.05, 3.63) is 34.9 Å². The van der Waals surface area contributed by atoms with Gasteiger partial charge in [0.15, 0.2) is 6.10 Å². The highest BCUT2D eigenvalue weighted by Crippen LogP contribution is 2.60. The first kappa shape index (κ1) is 19.7. The predicted molar refractivity (Wildman–Crippen MR) is 111 cm³/mol. The highest BCUT2D eigenvalue weighted by Gasteiger charge is 2.69. The molecule has 0 bridgehead atoms. The minimum absolute atomic E-state index is 0.0255. The molecule has 2 aromatic rings. The predicted octanol–water partition coefficient (Wildman–Crippen LogP) is 1.49. The van der Waals surface area contributed by atoms with Crippen LogP contribution in [-0.4, -0.2) is 56.0 Å². The van der Waals surface area contributed by atoms with Gasteiger partial charge >= 0.3 is 5.97 Å². The number of nitrogens with two attached hydrogens (primary N) is 1. The highest BCUT2D eigenvalue weighted by atomic mass is 16.7. The molecule has 1 heterocycles. The SMILES string of the molecule is CC(C)C(=O)O[C@H]1C2=C(c3c(c(O)c4c(O)cccc4c3O)C2=NN)[C@@H](O)C2O[C@@]21C. The first-order valence-corrected chi connectivity index (χ1v) is 9.92. The fourth-order valence-corrected chi connectivity index (χ4v) is 4.77. The number of ether oxygens (including phenoxy) is 2. The summed E-state index contributed by atoms with van der Waals surface area (Å²) in [6.07, 6.45) is -2.81. The second-order valence-electron chi connectivity index (χ2n) is 8.59. The number of carbonyl (C=O) groups is 1. The Balaban J connectivity index is 1.82. The first-order valence-electron chi connectivity index (χ1n) is 9.92. The van der Waals surface area contributed by atoms with Gasteiger partial charge in [0.2, 0.25) is 0 Å². The van der Waals surface area contributed by atoms with Gasteiger partial charge in [-0.1, -0.05) is 26.0 Å². The number of aromatic hydroxyl groups is 3. The number of hydrogen-bond donors (Lipinski definition) is 5. The Labute approximate surface area is 177 Å². The van der Waals surface area contributed by atoms with Gasteiger partial charge in [-0.25, -0.2) is 0 Å². The zero-order valence-corrected chi connectivity index (χ0v) is 17.1. The number of esters is 1. The van der Waals surface area contributed by atoms with Crippen molar-refractivity contribution in [1.29, 1.82) is 0 Å². The van der Waals surface area contributed by atoms with Gasteiger partial charge in [-0.15, -0.1) is 0 Å². The van der Waals surface area contributed by atoms with Crippen molar-refractivity contribution in [2.45, 2.75) is 44.7 Å². The van der Waals surface area contributed by atoms with E-state index in [-0.39, 0.29) is 56.0 Å². The third kappa shape index (κ3) is 2.33. The van der Waals surface area contributed by atoms with Gasteiger partial charge in [0.05, 0.1) is 16.9 Å². The summed E-state index contributed by atoms with van der Waals surface area (Å²) in [5, 5.41) is 47.5. The summed E-state index contributed by atoms with van der Waals surface area (Å²) >= 11 is 0. The van der Waals surface area contributed by atoms with Crippen LogP contribution >= 0.6 is 0 Å². The lowest BCUT2D eigenvalue weighted by molar-refractivity contribution is -0.153. The van der Waals surface area contributed by atoms with E-state index in [1.807, 2.05) is 0 Å². The quantitative estimate of drug-likeness (QED) is 0.159. The molecule has 3 aliphatic rings. The van der Waals surface area contributed by atoms with E-state index in [4.69, 9.17) is 15.3 Å². The minimum Gasteiger partial charge on any atom is -0.507 e. The van der Waals surface area contributed by atoms with Crippen molar-refractivity contribution in [2.75, 3.05) is 0 Å². The molecule has 2 aliphatic carbocycles. The Kier molecular flexibility index (Phi) is 3.88. The van der Waals surface area contributed by atoms with Gasteiger partial charge in [0, 0.05) is 22.1 Å². The molecule has 1 unspecified atom stereocenters. The third-order valence-electron chi connectivity index (χ3n) is 6.40. The molecule has 1 saturated heterocycles. The van der Waals surface area contributed by atoms with Crippen molar-refractivity contribution in [3.8, 4) is 17.2 Å². The van der Waals surface area contributed by atoms with E-state index >= 15 is 0 Å². The number of fused-ring (bicyclic) bond motifs is 4. The average molecular weight is 426 g/mol. The van der Waals surface area contributed by atoms with Crippen LogP contribution in [0.15, 0.2) is 28.9 Å². The molecule has 4 atom stereocenters. The molecule has 9 nitrogen and oxygen atoms in total. The Morgan fingerprint density at radius 3 is 2.55 bits per heavy atom.